The summed E-state index contributed by atoms with van der Waals surface area (Å²) in [5.74, 6) is -1.15. The molecular formula is C22H21N3O3S. The molecule has 3 rings (SSSR count). The van der Waals surface area contributed by atoms with E-state index >= 15 is 0 Å². The van der Waals surface area contributed by atoms with E-state index in [4.69, 9.17) is 10.1 Å². The summed E-state index contributed by atoms with van der Waals surface area (Å²) in [6, 6.07) is 17.0. The zero-order valence-electron chi connectivity index (χ0n) is 15.9. The number of methoxy groups -OCH3 is 1. The summed E-state index contributed by atoms with van der Waals surface area (Å²) in [7, 11) is 1.33. The van der Waals surface area contributed by atoms with E-state index in [0.717, 1.165) is 16.1 Å². The molecule has 2 aromatic carbocycles. The fourth-order valence-corrected chi connectivity index (χ4v) is 3.74. The van der Waals surface area contributed by atoms with Gasteiger partial charge in [-0.05, 0) is 30.7 Å². The lowest BCUT2D eigenvalue weighted by Gasteiger charge is -2.15. The van der Waals surface area contributed by atoms with E-state index < -0.39 is 5.92 Å². The van der Waals surface area contributed by atoms with Crippen molar-refractivity contribution in [3.8, 4) is 10.6 Å². The Morgan fingerprint density at radius 1 is 1.17 bits per heavy atom. The van der Waals surface area contributed by atoms with Crippen LogP contribution < -0.4 is 5.32 Å². The number of esters is 1. The highest BCUT2D eigenvalue weighted by Gasteiger charge is 2.21. The van der Waals surface area contributed by atoms with Crippen LogP contribution in [0, 0.1) is 11.3 Å². The topological polar surface area (TPSA) is 92.1 Å². The Hall–Kier alpha value is -3.32. The van der Waals surface area contributed by atoms with Crippen molar-refractivity contribution < 1.29 is 14.3 Å². The van der Waals surface area contributed by atoms with Crippen LogP contribution in [-0.2, 0) is 16.0 Å². The monoisotopic (exact) mass is 407 g/mol. The molecule has 1 unspecified atom stereocenters. The highest BCUT2D eigenvalue weighted by Crippen LogP contribution is 2.25. The number of hydrogen-bond donors (Lipinski definition) is 2. The molecule has 0 aliphatic rings. The summed E-state index contributed by atoms with van der Waals surface area (Å²) in [4.78, 5) is 29.1. The van der Waals surface area contributed by atoms with Gasteiger partial charge in [0.2, 0.25) is 0 Å². The van der Waals surface area contributed by atoms with Gasteiger partial charge in [0.1, 0.15) is 10.7 Å². The maximum Gasteiger partial charge on any atom is 0.309 e. The maximum atomic E-state index is 12.7. The van der Waals surface area contributed by atoms with Gasteiger partial charge in [-0.3, -0.25) is 9.59 Å². The van der Waals surface area contributed by atoms with Crippen molar-refractivity contribution in [2.24, 2.45) is 5.92 Å². The number of aromatic nitrogens is 1. The Kier molecular flexibility index (Phi) is 6.86. The zero-order valence-corrected chi connectivity index (χ0v) is 16.7. The van der Waals surface area contributed by atoms with Crippen LogP contribution in [0.3, 0.4) is 0 Å². The molecule has 3 aromatic rings. The van der Waals surface area contributed by atoms with Crippen LogP contribution in [0.4, 0.5) is 5.69 Å². The zero-order chi connectivity index (χ0) is 20.6. The van der Waals surface area contributed by atoms with Gasteiger partial charge in [0.15, 0.2) is 0 Å². The number of rotatable bonds is 8. The standard InChI is InChI=1S/C22H21N3O3S/c1-28-22(27)17(11-12-23)13-16-9-5-6-10-18(16)24-20(26)19-14-29-21(25-19)15-7-3-2-4-8-15/h2-10,12,14,17,23H,11,13H2,1H3,(H,24,26). The first-order valence-electron chi connectivity index (χ1n) is 9.09. The molecule has 1 heterocycles. The summed E-state index contributed by atoms with van der Waals surface area (Å²) in [5, 5.41) is 12.7. The third kappa shape index (κ3) is 5.14. The number of anilines is 1. The lowest BCUT2D eigenvalue weighted by Crippen LogP contribution is -2.20. The van der Waals surface area contributed by atoms with Crippen molar-refractivity contribution in [1.82, 2.24) is 4.98 Å². The van der Waals surface area contributed by atoms with Gasteiger partial charge in [0.25, 0.3) is 5.91 Å². The third-order valence-corrected chi connectivity index (χ3v) is 5.32. The van der Waals surface area contributed by atoms with Gasteiger partial charge >= 0.3 is 5.97 Å². The van der Waals surface area contributed by atoms with Crippen LogP contribution in [0.5, 0.6) is 0 Å². The number of amides is 1. The highest BCUT2D eigenvalue weighted by atomic mass is 32.1. The van der Waals surface area contributed by atoms with Gasteiger partial charge in [-0.2, -0.15) is 0 Å². The van der Waals surface area contributed by atoms with Crippen LogP contribution in [0.2, 0.25) is 0 Å². The Morgan fingerprint density at radius 3 is 2.62 bits per heavy atom. The second-order valence-electron chi connectivity index (χ2n) is 6.38. The van der Waals surface area contributed by atoms with Gasteiger partial charge in [0, 0.05) is 16.6 Å². The molecule has 0 aliphatic carbocycles. The largest absolute Gasteiger partial charge is 0.469 e. The minimum absolute atomic E-state index is 0.279. The Labute approximate surface area is 173 Å². The second-order valence-corrected chi connectivity index (χ2v) is 7.24. The number of thiazole rings is 1. The molecule has 0 radical (unpaired) electrons. The van der Waals surface area contributed by atoms with E-state index in [-0.39, 0.29) is 18.3 Å². The molecule has 1 atom stereocenters. The van der Waals surface area contributed by atoms with Crippen LogP contribution in [0.1, 0.15) is 22.5 Å². The van der Waals surface area contributed by atoms with Gasteiger partial charge in [0.05, 0.1) is 13.0 Å². The summed E-state index contributed by atoms with van der Waals surface area (Å²) in [6.45, 7) is 0. The van der Waals surface area contributed by atoms with Gasteiger partial charge in [-0.25, -0.2) is 4.98 Å². The van der Waals surface area contributed by atoms with Crippen molar-refractivity contribution in [2.75, 3.05) is 12.4 Å². The minimum Gasteiger partial charge on any atom is -0.469 e. The Balaban J connectivity index is 1.77. The fourth-order valence-electron chi connectivity index (χ4n) is 2.94. The van der Waals surface area contributed by atoms with Crippen LogP contribution in [0.15, 0.2) is 60.0 Å². The molecule has 0 saturated heterocycles. The molecule has 0 bridgehead atoms. The molecule has 0 fully saturated rings. The van der Waals surface area contributed by atoms with E-state index in [9.17, 15) is 9.59 Å². The van der Waals surface area contributed by atoms with Crippen LogP contribution in [-0.4, -0.2) is 30.2 Å². The van der Waals surface area contributed by atoms with Crippen molar-refractivity contribution in [1.29, 1.82) is 5.41 Å². The van der Waals surface area contributed by atoms with Crippen LogP contribution in [0.25, 0.3) is 10.6 Å². The SMILES string of the molecule is COC(=O)C(CC=N)Cc1ccccc1NC(=O)c1csc(-c2ccccc2)n1. The number of carbonyl (C=O) groups excluding carboxylic acids is 2. The summed E-state index contributed by atoms with van der Waals surface area (Å²) < 4.78 is 4.83. The quantitative estimate of drug-likeness (QED) is 0.427. The molecule has 0 aliphatic heterocycles. The number of benzene rings is 2. The molecule has 1 aromatic heterocycles. The average Bonchev–Trinajstić information content (AvgIpc) is 3.25. The van der Waals surface area contributed by atoms with E-state index in [1.54, 1.807) is 11.4 Å². The first-order chi connectivity index (χ1) is 14.1. The first-order valence-corrected chi connectivity index (χ1v) is 9.97. The van der Waals surface area contributed by atoms with E-state index in [1.165, 1.54) is 24.7 Å². The summed E-state index contributed by atoms with van der Waals surface area (Å²) in [5.41, 5.74) is 2.72. The molecule has 2 N–H and O–H groups in total. The molecule has 29 heavy (non-hydrogen) atoms. The average molecular weight is 407 g/mol. The molecule has 0 spiro atoms. The van der Waals surface area contributed by atoms with Gasteiger partial charge in [-0.15, -0.1) is 11.3 Å². The number of hydrogen-bond acceptors (Lipinski definition) is 6. The van der Waals surface area contributed by atoms with Gasteiger partial charge in [-0.1, -0.05) is 48.5 Å². The molecule has 0 saturated carbocycles. The highest BCUT2D eigenvalue weighted by molar-refractivity contribution is 7.13. The lowest BCUT2D eigenvalue weighted by atomic mass is 9.95. The normalized spacial score (nSPS) is 11.5. The predicted molar refractivity (Wildman–Crippen MR) is 115 cm³/mol. The molecule has 1 amide bonds. The van der Waals surface area contributed by atoms with Crippen molar-refractivity contribution in [2.45, 2.75) is 12.8 Å². The molecule has 148 valence electrons. The number of para-hydroxylation sites is 1. The lowest BCUT2D eigenvalue weighted by molar-refractivity contribution is -0.145. The Bertz CT molecular complexity index is 1000. The van der Waals surface area contributed by atoms with Gasteiger partial charge < -0.3 is 15.5 Å². The summed E-state index contributed by atoms with van der Waals surface area (Å²) in [6.07, 6.45) is 1.84. The van der Waals surface area contributed by atoms with Crippen molar-refractivity contribution in [3.05, 3.63) is 71.2 Å². The maximum absolute atomic E-state index is 12.7. The number of nitrogens with one attached hydrogen (secondary N) is 2. The fraction of sp³-hybridized carbons (Fsp3) is 0.182. The van der Waals surface area contributed by atoms with E-state index in [0.29, 0.717) is 17.8 Å². The minimum atomic E-state index is -0.473. The van der Waals surface area contributed by atoms with E-state index in [1.807, 2.05) is 48.5 Å². The number of nitrogens with zero attached hydrogens (tertiary/aromatic N) is 1. The molecular weight excluding hydrogens is 386 g/mol. The third-order valence-electron chi connectivity index (χ3n) is 4.43. The number of ether oxygens (including phenoxy) is 1. The predicted octanol–water partition coefficient (Wildman–Crippen LogP) is 4.43. The summed E-state index contributed by atoms with van der Waals surface area (Å²) >= 11 is 1.41. The first kappa shape index (κ1) is 20.4. The van der Waals surface area contributed by atoms with Crippen molar-refractivity contribution >= 4 is 35.1 Å². The molecule has 7 heteroatoms. The second kappa shape index (κ2) is 9.75. The molecule has 6 nitrogen and oxygen atoms in total. The van der Waals surface area contributed by atoms with Crippen molar-refractivity contribution in [3.63, 3.8) is 0 Å². The smallest absolute Gasteiger partial charge is 0.309 e. The Morgan fingerprint density at radius 2 is 1.90 bits per heavy atom. The van der Waals surface area contributed by atoms with E-state index in [2.05, 4.69) is 10.3 Å². The van der Waals surface area contributed by atoms with Crippen LogP contribution >= 0.6 is 11.3 Å². The number of carbonyl (C=O) groups is 2.